The maximum atomic E-state index is 11.0. The molecule has 74 valence electrons. The third-order valence-corrected chi connectivity index (χ3v) is 1.84. The molecular weight excluding hydrogens is 198 g/mol. The summed E-state index contributed by atoms with van der Waals surface area (Å²) >= 11 is 1.45. The highest BCUT2D eigenvalue weighted by atomic mass is 32.2. The van der Waals surface area contributed by atoms with E-state index in [1.807, 2.05) is 24.5 Å². The van der Waals surface area contributed by atoms with Gasteiger partial charge in [-0.3, -0.25) is 4.98 Å². The standard InChI is InChI=1S/C10H11NO2S/c1-14-7-5-10(12)13-8-9-4-2-3-6-11-9/h2-7H,8H2,1H3. The Labute approximate surface area is 87.2 Å². The molecule has 0 N–H and O–H groups in total. The molecule has 0 atom stereocenters. The van der Waals surface area contributed by atoms with Crippen molar-refractivity contribution < 1.29 is 9.53 Å². The van der Waals surface area contributed by atoms with Gasteiger partial charge in [0.25, 0.3) is 0 Å². The molecule has 0 spiro atoms. The third kappa shape index (κ3) is 4.09. The first-order chi connectivity index (χ1) is 6.83. The molecule has 1 aromatic heterocycles. The lowest BCUT2D eigenvalue weighted by Crippen LogP contribution is -2.01. The second kappa shape index (κ2) is 6.21. The van der Waals surface area contributed by atoms with E-state index >= 15 is 0 Å². The second-order valence-corrected chi connectivity index (χ2v) is 3.21. The Bertz CT molecular complexity index is 311. The van der Waals surface area contributed by atoms with Crippen LogP contribution in [0.1, 0.15) is 5.69 Å². The smallest absolute Gasteiger partial charge is 0.331 e. The van der Waals surface area contributed by atoms with E-state index in [0.29, 0.717) is 0 Å². The number of aromatic nitrogens is 1. The van der Waals surface area contributed by atoms with Crippen LogP contribution in [0.2, 0.25) is 0 Å². The molecule has 0 unspecified atom stereocenters. The number of nitrogens with zero attached hydrogens (tertiary/aromatic N) is 1. The molecule has 0 saturated carbocycles. The lowest BCUT2D eigenvalue weighted by atomic mass is 10.4. The molecule has 4 heteroatoms. The summed E-state index contributed by atoms with van der Waals surface area (Å²) in [6.07, 6.45) is 4.94. The first-order valence-electron chi connectivity index (χ1n) is 4.09. The van der Waals surface area contributed by atoms with Crippen LogP contribution in [-0.2, 0) is 16.1 Å². The zero-order valence-corrected chi connectivity index (χ0v) is 8.66. The van der Waals surface area contributed by atoms with Gasteiger partial charge in [-0.2, -0.15) is 0 Å². The van der Waals surface area contributed by atoms with Crippen LogP contribution in [0, 0.1) is 0 Å². The zero-order chi connectivity index (χ0) is 10.2. The monoisotopic (exact) mass is 209 g/mol. The van der Waals surface area contributed by atoms with Gasteiger partial charge >= 0.3 is 5.97 Å². The van der Waals surface area contributed by atoms with E-state index in [1.54, 1.807) is 11.6 Å². The van der Waals surface area contributed by atoms with Gasteiger partial charge in [-0.1, -0.05) is 6.07 Å². The Morgan fingerprint density at radius 3 is 3.14 bits per heavy atom. The van der Waals surface area contributed by atoms with Crippen LogP contribution in [0.5, 0.6) is 0 Å². The molecule has 0 bridgehead atoms. The van der Waals surface area contributed by atoms with Crippen LogP contribution >= 0.6 is 11.8 Å². The highest BCUT2D eigenvalue weighted by molar-refractivity contribution is 8.01. The number of hydrogen-bond acceptors (Lipinski definition) is 4. The maximum absolute atomic E-state index is 11.0. The highest BCUT2D eigenvalue weighted by Gasteiger charge is 1.97. The van der Waals surface area contributed by atoms with Gasteiger partial charge in [-0.15, -0.1) is 11.8 Å². The molecule has 1 aromatic rings. The number of ether oxygens (including phenoxy) is 1. The number of carbonyl (C=O) groups excluding carboxylic acids is 1. The number of thioether (sulfide) groups is 1. The molecule has 0 fully saturated rings. The lowest BCUT2D eigenvalue weighted by Gasteiger charge is -1.99. The fraction of sp³-hybridized carbons (Fsp3) is 0.200. The lowest BCUT2D eigenvalue weighted by molar-refractivity contribution is -0.139. The van der Waals surface area contributed by atoms with Crippen LogP contribution in [-0.4, -0.2) is 17.2 Å². The minimum absolute atomic E-state index is 0.221. The summed E-state index contributed by atoms with van der Waals surface area (Å²) < 4.78 is 4.93. The van der Waals surface area contributed by atoms with Crippen LogP contribution in [0.4, 0.5) is 0 Å². The summed E-state index contributed by atoms with van der Waals surface area (Å²) in [4.78, 5) is 15.0. The van der Waals surface area contributed by atoms with Crippen molar-refractivity contribution >= 4 is 17.7 Å². The van der Waals surface area contributed by atoms with Gasteiger partial charge < -0.3 is 4.74 Å². The van der Waals surface area contributed by atoms with Gasteiger partial charge in [0.1, 0.15) is 6.61 Å². The van der Waals surface area contributed by atoms with E-state index < -0.39 is 0 Å². The molecule has 0 aromatic carbocycles. The summed E-state index contributed by atoms with van der Waals surface area (Å²) in [5.74, 6) is -0.343. The van der Waals surface area contributed by atoms with E-state index in [4.69, 9.17) is 4.74 Å². The molecule has 1 rings (SSSR count). The van der Waals surface area contributed by atoms with Crippen molar-refractivity contribution in [2.45, 2.75) is 6.61 Å². The Kier molecular flexibility index (Phi) is 4.78. The zero-order valence-electron chi connectivity index (χ0n) is 7.84. The van der Waals surface area contributed by atoms with E-state index in [9.17, 15) is 4.79 Å². The number of pyridine rings is 1. The van der Waals surface area contributed by atoms with Crippen LogP contribution in [0.25, 0.3) is 0 Å². The average molecular weight is 209 g/mol. The van der Waals surface area contributed by atoms with Crippen molar-refractivity contribution in [3.8, 4) is 0 Å². The minimum atomic E-state index is -0.343. The molecule has 1 heterocycles. The first kappa shape index (κ1) is 10.8. The molecule has 3 nitrogen and oxygen atoms in total. The number of carbonyl (C=O) groups is 1. The summed E-state index contributed by atoms with van der Waals surface area (Å²) in [5.41, 5.74) is 0.749. The maximum Gasteiger partial charge on any atom is 0.331 e. The van der Waals surface area contributed by atoms with E-state index in [-0.39, 0.29) is 12.6 Å². The van der Waals surface area contributed by atoms with E-state index in [2.05, 4.69) is 4.98 Å². The molecule has 0 aliphatic heterocycles. The van der Waals surface area contributed by atoms with Crippen LogP contribution in [0.15, 0.2) is 35.9 Å². The number of esters is 1. The minimum Gasteiger partial charge on any atom is -0.456 e. The van der Waals surface area contributed by atoms with Gasteiger partial charge in [-0.25, -0.2) is 4.79 Å². The average Bonchev–Trinajstić information content (AvgIpc) is 2.25. The van der Waals surface area contributed by atoms with Gasteiger partial charge in [0, 0.05) is 12.3 Å². The molecule has 0 aliphatic carbocycles. The van der Waals surface area contributed by atoms with Crippen molar-refractivity contribution in [3.63, 3.8) is 0 Å². The summed E-state index contributed by atoms with van der Waals surface area (Å²) in [6, 6.07) is 5.48. The van der Waals surface area contributed by atoms with Crippen molar-refractivity contribution in [2.24, 2.45) is 0 Å². The van der Waals surface area contributed by atoms with Gasteiger partial charge in [0.15, 0.2) is 0 Å². The molecule has 0 radical (unpaired) electrons. The summed E-state index contributed by atoms with van der Waals surface area (Å²) in [7, 11) is 0. The molecule has 14 heavy (non-hydrogen) atoms. The predicted molar refractivity (Wildman–Crippen MR) is 56.7 cm³/mol. The fourth-order valence-electron chi connectivity index (χ4n) is 0.800. The van der Waals surface area contributed by atoms with E-state index in [0.717, 1.165) is 5.69 Å². The Morgan fingerprint density at radius 1 is 1.64 bits per heavy atom. The van der Waals surface area contributed by atoms with Gasteiger partial charge in [0.2, 0.25) is 0 Å². The van der Waals surface area contributed by atoms with Crippen LogP contribution < -0.4 is 0 Å². The van der Waals surface area contributed by atoms with Gasteiger partial charge in [0.05, 0.1) is 5.69 Å². The Hall–Kier alpha value is -1.29. The summed E-state index contributed by atoms with van der Waals surface area (Å²) in [5, 5.41) is 1.68. The van der Waals surface area contributed by atoms with E-state index in [1.165, 1.54) is 17.8 Å². The normalized spacial score (nSPS) is 10.4. The fourth-order valence-corrected chi connectivity index (χ4v) is 1.05. The SMILES string of the molecule is CSC=CC(=O)OCc1ccccn1. The van der Waals surface area contributed by atoms with Crippen molar-refractivity contribution in [1.82, 2.24) is 4.98 Å². The second-order valence-electron chi connectivity index (χ2n) is 2.47. The van der Waals surface area contributed by atoms with Crippen LogP contribution in [0.3, 0.4) is 0 Å². The third-order valence-electron chi connectivity index (χ3n) is 1.43. The quantitative estimate of drug-likeness (QED) is 0.561. The number of rotatable bonds is 4. The molecule has 0 amide bonds. The molecular formula is C10H11NO2S. The molecule has 0 saturated heterocycles. The largest absolute Gasteiger partial charge is 0.456 e. The highest BCUT2D eigenvalue weighted by Crippen LogP contribution is 1.98. The topological polar surface area (TPSA) is 39.2 Å². The van der Waals surface area contributed by atoms with Crippen molar-refractivity contribution in [1.29, 1.82) is 0 Å². The summed E-state index contributed by atoms with van der Waals surface area (Å²) in [6.45, 7) is 0.221. The van der Waals surface area contributed by atoms with Crippen molar-refractivity contribution in [2.75, 3.05) is 6.26 Å². The Morgan fingerprint density at radius 2 is 2.50 bits per heavy atom. The predicted octanol–water partition coefficient (Wildman–Crippen LogP) is 2.00. The van der Waals surface area contributed by atoms with Crippen molar-refractivity contribution in [3.05, 3.63) is 41.6 Å². The Balaban J connectivity index is 2.34. The molecule has 0 aliphatic rings. The number of hydrogen-bond donors (Lipinski definition) is 0. The van der Waals surface area contributed by atoms with Gasteiger partial charge in [-0.05, 0) is 23.8 Å². The first-order valence-corrected chi connectivity index (χ1v) is 5.37.